The maximum Gasteiger partial charge on any atom is 0.394 e. The van der Waals surface area contributed by atoms with Crippen molar-refractivity contribution in [1.29, 1.82) is 0 Å². The Morgan fingerprint density at radius 3 is 2.75 bits per heavy atom. The van der Waals surface area contributed by atoms with Crippen LogP contribution in [0.5, 0.6) is 0 Å². The van der Waals surface area contributed by atoms with Gasteiger partial charge in [0.2, 0.25) is 0 Å². The fourth-order valence-electron chi connectivity index (χ4n) is 5.15. The molecule has 170 valence electrons. The van der Waals surface area contributed by atoms with Gasteiger partial charge in [0.05, 0.1) is 28.8 Å². The van der Waals surface area contributed by atoms with Crippen molar-refractivity contribution in [3.8, 4) is 0 Å². The number of allylic oxidation sites excluding steroid dienone is 2. The van der Waals surface area contributed by atoms with Gasteiger partial charge in [0.25, 0.3) is 0 Å². The van der Waals surface area contributed by atoms with Crippen molar-refractivity contribution in [3.05, 3.63) is 64.7 Å². The molecular weight excluding hydrogens is 439 g/mol. The molecule has 0 saturated heterocycles. The third-order valence-electron chi connectivity index (χ3n) is 6.91. The molecule has 1 fully saturated rings. The number of alkyl halides is 3. The first-order valence-electron chi connectivity index (χ1n) is 10.9. The van der Waals surface area contributed by atoms with Crippen LogP contribution >= 0.6 is 11.6 Å². The molecule has 1 aliphatic heterocycles. The maximum absolute atomic E-state index is 12.8. The highest BCUT2D eigenvalue weighted by Crippen LogP contribution is 2.40. The highest BCUT2D eigenvalue weighted by molar-refractivity contribution is 6.35. The summed E-state index contributed by atoms with van der Waals surface area (Å²) in [6, 6.07) is 2.47. The van der Waals surface area contributed by atoms with E-state index in [-0.39, 0.29) is 11.7 Å². The number of aromatic nitrogens is 2. The van der Waals surface area contributed by atoms with E-state index in [0.717, 1.165) is 43.2 Å². The molecule has 3 heterocycles. The fourth-order valence-corrected chi connectivity index (χ4v) is 5.46. The zero-order chi connectivity index (χ0) is 22.7. The third-order valence-corrected chi connectivity index (χ3v) is 7.28. The largest absolute Gasteiger partial charge is 0.394 e. The Bertz CT molecular complexity index is 1140. The summed E-state index contributed by atoms with van der Waals surface area (Å²) in [5.74, 6) is 0. The van der Waals surface area contributed by atoms with Gasteiger partial charge in [-0.15, -0.1) is 0 Å². The summed E-state index contributed by atoms with van der Waals surface area (Å²) in [5.41, 5.74) is 2.79. The molecule has 1 N–H and O–H groups in total. The van der Waals surface area contributed by atoms with E-state index < -0.39 is 18.2 Å². The Balaban J connectivity index is 1.37. The van der Waals surface area contributed by atoms with Gasteiger partial charge in [0.15, 0.2) is 5.65 Å². The van der Waals surface area contributed by atoms with E-state index in [0.29, 0.717) is 16.7 Å². The van der Waals surface area contributed by atoms with Crippen LogP contribution in [-0.4, -0.2) is 43.3 Å². The van der Waals surface area contributed by atoms with E-state index in [2.05, 4.69) is 34.3 Å². The predicted octanol–water partition coefficient (Wildman–Crippen LogP) is 5.70. The molecule has 4 nitrogen and oxygen atoms in total. The normalized spacial score (nSPS) is 28.1. The van der Waals surface area contributed by atoms with Crippen LogP contribution in [0.15, 0.2) is 48.5 Å². The van der Waals surface area contributed by atoms with Gasteiger partial charge < -0.3 is 14.4 Å². The Kier molecular flexibility index (Phi) is 5.17. The zero-order valence-corrected chi connectivity index (χ0v) is 18.5. The zero-order valence-electron chi connectivity index (χ0n) is 17.7. The van der Waals surface area contributed by atoms with E-state index in [1.165, 1.54) is 16.2 Å². The smallest absolute Gasteiger partial charge is 0.390 e. The minimum absolute atomic E-state index is 0.0674. The molecule has 0 radical (unpaired) electrons. The van der Waals surface area contributed by atoms with Crippen LogP contribution in [0.4, 0.5) is 13.2 Å². The van der Waals surface area contributed by atoms with Gasteiger partial charge in [-0.1, -0.05) is 17.7 Å². The van der Waals surface area contributed by atoms with Gasteiger partial charge >= 0.3 is 6.18 Å². The molecule has 0 aromatic carbocycles. The number of pyridine rings is 1. The van der Waals surface area contributed by atoms with Gasteiger partial charge in [0.1, 0.15) is 0 Å². The molecule has 5 rings (SSSR count). The summed E-state index contributed by atoms with van der Waals surface area (Å²) in [4.78, 5) is 6.56. The number of aliphatic hydroxyl groups is 1. The molecule has 0 spiro atoms. The van der Waals surface area contributed by atoms with Crippen molar-refractivity contribution in [2.24, 2.45) is 0 Å². The maximum atomic E-state index is 12.8. The summed E-state index contributed by atoms with van der Waals surface area (Å²) >= 11 is 6.59. The molecule has 1 atom stereocenters. The molecule has 1 saturated carbocycles. The van der Waals surface area contributed by atoms with Gasteiger partial charge in [0, 0.05) is 30.2 Å². The van der Waals surface area contributed by atoms with Gasteiger partial charge in [-0.05, 0) is 68.4 Å². The van der Waals surface area contributed by atoms with Gasteiger partial charge in [-0.25, -0.2) is 4.98 Å². The van der Waals surface area contributed by atoms with Gasteiger partial charge in [-0.2, -0.15) is 13.2 Å². The Morgan fingerprint density at radius 2 is 2.03 bits per heavy atom. The van der Waals surface area contributed by atoms with Crippen molar-refractivity contribution >= 4 is 22.8 Å². The standard InChI is InChI=1S/C24H25ClF3N3O/c1-23(32)8-4-17(5-9-23)30-10-6-16-12-15(2-3-20(16)30)19-7-11-31-18(13-24(26,27)28)14-29-22(31)21(19)25/h2,6-7,10-12,14,17,20,32H,3-5,8-9,13H2,1H3/t17-,20?,23-. The first-order valence-corrected chi connectivity index (χ1v) is 11.3. The van der Waals surface area contributed by atoms with E-state index in [1.807, 2.05) is 6.92 Å². The van der Waals surface area contributed by atoms with Crippen LogP contribution in [0, 0.1) is 0 Å². The van der Waals surface area contributed by atoms with Crippen molar-refractivity contribution in [2.75, 3.05) is 0 Å². The lowest BCUT2D eigenvalue weighted by Gasteiger charge is -2.41. The van der Waals surface area contributed by atoms with Crippen molar-refractivity contribution in [1.82, 2.24) is 14.3 Å². The number of hydrogen-bond acceptors (Lipinski definition) is 3. The van der Waals surface area contributed by atoms with E-state index in [1.54, 1.807) is 12.3 Å². The number of hydrogen-bond donors (Lipinski definition) is 1. The molecule has 3 aliphatic rings. The lowest BCUT2D eigenvalue weighted by atomic mass is 9.82. The number of nitrogens with zero attached hydrogens (tertiary/aromatic N) is 3. The summed E-state index contributed by atoms with van der Waals surface area (Å²) in [5, 5.41) is 10.6. The topological polar surface area (TPSA) is 40.8 Å². The summed E-state index contributed by atoms with van der Waals surface area (Å²) in [6.45, 7) is 1.91. The van der Waals surface area contributed by atoms with E-state index in [4.69, 9.17) is 11.6 Å². The van der Waals surface area contributed by atoms with Crippen LogP contribution in [0.1, 0.15) is 50.3 Å². The van der Waals surface area contributed by atoms with Crippen LogP contribution in [-0.2, 0) is 6.42 Å². The van der Waals surface area contributed by atoms with Crippen LogP contribution in [0.3, 0.4) is 0 Å². The average Bonchev–Trinajstić information content (AvgIpc) is 3.31. The SMILES string of the molecule is C[C@]1(O)CC[C@H](N2C=CC3=CC(c4ccn5c(CC(F)(F)F)cnc5c4Cl)=CCC32)CC1. The van der Waals surface area contributed by atoms with E-state index >= 15 is 0 Å². The second kappa shape index (κ2) is 7.66. The molecule has 0 bridgehead atoms. The second-order valence-corrected chi connectivity index (χ2v) is 9.70. The number of fused-ring (bicyclic) bond motifs is 2. The highest BCUT2D eigenvalue weighted by atomic mass is 35.5. The third kappa shape index (κ3) is 3.97. The fraction of sp³-hybridized carbons (Fsp3) is 0.458. The first kappa shape index (κ1) is 21.6. The number of rotatable bonds is 3. The van der Waals surface area contributed by atoms with Crippen molar-refractivity contribution in [2.45, 2.75) is 69.3 Å². The van der Waals surface area contributed by atoms with Crippen LogP contribution in [0.2, 0.25) is 5.02 Å². The molecule has 32 heavy (non-hydrogen) atoms. The monoisotopic (exact) mass is 463 g/mol. The molecule has 2 aromatic heterocycles. The number of imidazole rings is 1. The van der Waals surface area contributed by atoms with Gasteiger partial charge in [-0.3, -0.25) is 0 Å². The quantitative estimate of drug-likeness (QED) is 0.635. The van der Waals surface area contributed by atoms with Crippen molar-refractivity contribution < 1.29 is 18.3 Å². The molecule has 0 amide bonds. The minimum atomic E-state index is -4.30. The minimum Gasteiger partial charge on any atom is -0.390 e. The average molecular weight is 464 g/mol. The summed E-state index contributed by atoms with van der Waals surface area (Å²) in [7, 11) is 0. The molecule has 2 aliphatic carbocycles. The molecule has 2 aromatic rings. The molecule has 1 unspecified atom stereocenters. The Morgan fingerprint density at radius 1 is 1.28 bits per heavy atom. The number of halogens is 4. The predicted molar refractivity (Wildman–Crippen MR) is 118 cm³/mol. The highest BCUT2D eigenvalue weighted by Gasteiger charge is 2.36. The van der Waals surface area contributed by atoms with E-state index in [9.17, 15) is 18.3 Å². The van der Waals surface area contributed by atoms with Crippen molar-refractivity contribution in [3.63, 3.8) is 0 Å². The van der Waals surface area contributed by atoms with Crippen LogP contribution < -0.4 is 0 Å². The Hall–Kier alpha value is -2.25. The first-order chi connectivity index (χ1) is 15.1. The lowest BCUT2D eigenvalue weighted by Crippen LogP contribution is -2.43. The van der Waals surface area contributed by atoms with Crippen LogP contribution in [0.25, 0.3) is 11.2 Å². The second-order valence-electron chi connectivity index (χ2n) is 9.32. The molecular formula is C24H25ClF3N3O. The Labute approximate surface area is 189 Å². The lowest BCUT2D eigenvalue weighted by molar-refractivity contribution is -0.127. The summed E-state index contributed by atoms with van der Waals surface area (Å²) < 4.78 is 39.9. The molecule has 8 heteroatoms. The summed E-state index contributed by atoms with van der Waals surface area (Å²) in [6.07, 6.45) is 10.4.